The molecule has 16 heavy (non-hydrogen) atoms. The third-order valence-electron chi connectivity index (χ3n) is 2.08. The van der Waals surface area contributed by atoms with Gasteiger partial charge >= 0.3 is 0 Å². The molecule has 5 nitrogen and oxygen atoms in total. The maximum Gasteiger partial charge on any atom is 0.256 e. The second kappa shape index (κ2) is 5.36. The molecule has 0 aliphatic rings. The number of hydrogen-bond donors (Lipinski definition) is 2. The fourth-order valence-electron chi connectivity index (χ4n) is 1.24. The van der Waals surface area contributed by atoms with Gasteiger partial charge in [-0.1, -0.05) is 5.16 Å². The minimum absolute atomic E-state index is 0.206. The number of aliphatic hydroxyl groups is 1. The van der Waals surface area contributed by atoms with Gasteiger partial charge in [-0.15, -0.1) is 0 Å². The number of aromatic nitrogens is 1. The summed E-state index contributed by atoms with van der Waals surface area (Å²) in [6.45, 7) is 3.56. The van der Waals surface area contributed by atoms with E-state index < -0.39 is 5.60 Å². The Bertz CT molecular complexity index is 363. The highest BCUT2D eigenvalue weighted by Crippen LogP contribution is 2.10. The van der Waals surface area contributed by atoms with Crippen LogP contribution < -0.4 is 5.32 Å². The second-order valence-corrected chi connectivity index (χ2v) is 4.77. The van der Waals surface area contributed by atoms with E-state index >= 15 is 0 Å². The molecule has 1 unspecified atom stereocenters. The molecular formula is C10H16N2O3S. The predicted molar refractivity (Wildman–Crippen MR) is 62.6 cm³/mol. The summed E-state index contributed by atoms with van der Waals surface area (Å²) >= 11 is 1.53. The number of nitrogens with zero attached hydrogens (tertiary/aromatic N) is 1. The van der Waals surface area contributed by atoms with Crippen molar-refractivity contribution in [1.82, 2.24) is 10.5 Å². The van der Waals surface area contributed by atoms with E-state index in [0.717, 1.165) is 0 Å². The van der Waals surface area contributed by atoms with Gasteiger partial charge < -0.3 is 14.9 Å². The van der Waals surface area contributed by atoms with Gasteiger partial charge in [-0.05, 0) is 20.1 Å². The van der Waals surface area contributed by atoms with E-state index in [1.165, 1.54) is 18.0 Å². The first-order valence-corrected chi connectivity index (χ1v) is 6.26. The van der Waals surface area contributed by atoms with Crippen LogP contribution in [0.5, 0.6) is 0 Å². The number of amides is 1. The van der Waals surface area contributed by atoms with Crippen molar-refractivity contribution >= 4 is 17.7 Å². The Morgan fingerprint density at radius 2 is 2.44 bits per heavy atom. The van der Waals surface area contributed by atoms with Gasteiger partial charge in [0.25, 0.3) is 5.91 Å². The van der Waals surface area contributed by atoms with Gasteiger partial charge in [-0.2, -0.15) is 11.8 Å². The summed E-state index contributed by atoms with van der Waals surface area (Å²) in [7, 11) is 0. The summed E-state index contributed by atoms with van der Waals surface area (Å²) in [6, 6.07) is 0. The van der Waals surface area contributed by atoms with Crippen LogP contribution in [0, 0.1) is 6.92 Å². The first-order valence-electron chi connectivity index (χ1n) is 4.87. The Balaban J connectivity index is 2.51. The van der Waals surface area contributed by atoms with Crippen molar-refractivity contribution in [3.05, 3.63) is 17.5 Å². The molecule has 0 aliphatic heterocycles. The topological polar surface area (TPSA) is 75.4 Å². The Kier molecular flexibility index (Phi) is 4.37. The molecule has 0 aliphatic carbocycles. The molecule has 1 aromatic heterocycles. The summed E-state index contributed by atoms with van der Waals surface area (Å²) in [6.07, 6.45) is 3.27. The molecular weight excluding hydrogens is 228 g/mol. The fraction of sp³-hybridized carbons (Fsp3) is 0.600. The van der Waals surface area contributed by atoms with Gasteiger partial charge in [0.1, 0.15) is 11.3 Å². The smallest absolute Gasteiger partial charge is 0.256 e. The third kappa shape index (κ3) is 3.53. The molecule has 1 aromatic rings. The van der Waals surface area contributed by atoms with Gasteiger partial charge in [-0.25, -0.2) is 0 Å². The van der Waals surface area contributed by atoms with E-state index in [4.69, 9.17) is 4.52 Å². The highest BCUT2D eigenvalue weighted by atomic mass is 32.2. The van der Waals surface area contributed by atoms with Crippen molar-refractivity contribution in [2.24, 2.45) is 0 Å². The van der Waals surface area contributed by atoms with Gasteiger partial charge in [0.05, 0.1) is 11.8 Å². The van der Waals surface area contributed by atoms with Crippen LogP contribution in [0.2, 0.25) is 0 Å². The van der Waals surface area contributed by atoms with Crippen molar-refractivity contribution in [1.29, 1.82) is 0 Å². The number of thioether (sulfide) groups is 1. The lowest BCUT2D eigenvalue weighted by atomic mass is 10.1. The van der Waals surface area contributed by atoms with Crippen LogP contribution in [0.25, 0.3) is 0 Å². The van der Waals surface area contributed by atoms with E-state index in [9.17, 15) is 9.90 Å². The molecule has 0 radical (unpaired) electrons. The van der Waals surface area contributed by atoms with Crippen LogP contribution in [0.4, 0.5) is 0 Å². The Morgan fingerprint density at radius 3 is 2.94 bits per heavy atom. The van der Waals surface area contributed by atoms with Crippen LogP contribution in [-0.2, 0) is 0 Å². The third-order valence-corrected chi connectivity index (χ3v) is 2.99. The highest BCUT2D eigenvalue weighted by molar-refractivity contribution is 7.98. The summed E-state index contributed by atoms with van der Waals surface area (Å²) < 4.78 is 4.79. The van der Waals surface area contributed by atoms with Crippen molar-refractivity contribution in [3.63, 3.8) is 0 Å². The van der Waals surface area contributed by atoms with E-state index in [-0.39, 0.29) is 12.5 Å². The normalized spacial score (nSPS) is 14.5. The van der Waals surface area contributed by atoms with Crippen LogP contribution in [-0.4, -0.2) is 40.3 Å². The lowest BCUT2D eigenvalue weighted by Gasteiger charge is -2.22. The molecule has 1 amide bonds. The lowest BCUT2D eigenvalue weighted by molar-refractivity contribution is 0.0724. The molecule has 0 aromatic carbocycles. The predicted octanol–water partition coefficient (Wildman–Crippen LogP) is 0.827. The number of carbonyl (C=O) groups is 1. The van der Waals surface area contributed by atoms with Crippen molar-refractivity contribution in [2.75, 3.05) is 18.6 Å². The molecule has 0 fully saturated rings. The molecule has 6 heteroatoms. The Labute approximate surface area is 98.6 Å². The lowest BCUT2D eigenvalue weighted by Crippen LogP contribution is -2.42. The zero-order valence-electron chi connectivity index (χ0n) is 9.61. The summed E-state index contributed by atoms with van der Waals surface area (Å²) in [4.78, 5) is 11.6. The minimum atomic E-state index is -0.903. The maximum absolute atomic E-state index is 11.6. The van der Waals surface area contributed by atoms with E-state index in [0.29, 0.717) is 17.1 Å². The number of hydrogen-bond acceptors (Lipinski definition) is 5. The van der Waals surface area contributed by atoms with Crippen LogP contribution in [0.3, 0.4) is 0 Å². The van der Waals surface area contributed by atoms with Gasteiger partial charge in [-0.3, -0.25) is 4.79 Å². The van der Waals surface area contributed by atoms with Gasteiger partial charge in [0, 0.05) is 12.3 Å². The van der Waals surface area contributed by atoms with Crippen LogP contribution in [0.1, 0.15) is 23.0 Å². The summed E-state index contributed by atoms with van der Waals surface area (Å²) in [5.41, 5.74) is -0.500. The standard InChI is InChI=1S/C10H16N2O3S/c1-7-8(4-12-15-7)9(13)11-5-10(2,14)6-16-3/h4,14H,5-6H2,1-3H3,(H,11,13). The van der Waals surface area contributed by atoms with Crippen LogP contribution >= 0.6 is 11.8 Å². The number of rotatable bonds is 5. The zero-order valence-corrected chi connectivity index (χ0v) is 10.4. The number of aryl methyl sites for hydroxylation is 1. The molecule has 0 bridgehead atoms. The average molecular weight is 244 g/mol. The number of carbonyl (C=O) groups excluding carboxylic acids is 1. The molecule has 1 heterocycles. The first kappa shape index (κ1) is 13.1. The fourth-order valence-corrected chi connectivity index (χ4v) is 1.97. The molecule has 1 rings (SSSR count). The molecule has 90 valence electrons. The van der Waals surface area contributed by atoms with E-state index in [2.05, 4.69) is 10.5 Å². The summed E-state index contributed by atoms with van der Waals surface area (Å²) in [5, 5.41) is 16.0. The Morgan fingerprint density at radius 1 is 1.75 bits per heavy atom. The molecule has 2 N–H and O–H groups in total. The highest BCUT2D eigenvalue weighted by Gasteiger charge is 2.21. The van der Waals surface area contributed by atoms with Gasteiger partial charge in [0.15, 0.2) is 0 Å². The first-order chi connectivity index (χ1) is 7.46. The monoisotopic (exact) mass is 244 g/mol. The quantitative estimate of drug-likeness (QED) is 0.802. The van der Waals surface area contributed by atoms with E-state index in [1.54, 1.807) is 13.8 Å². The summed E-state index contributed by atoms with van der Waals surface area (Å²) in [5.74, 6) is 0.762. The van der Waals surface area contributed by atoms with E-state index in [1.807, 2.05) is 6.26 Å². The second-order valence-electron chi connectivity index (χ2n) is 3.91. The maximum atomic E-state index is 11.6. The zero-order chi connectivity index (χ0) is 12.2. The van der Waals surface area contributed by atoms with Crippen molar-refractivity contribution in [3.8, 4) is 0 Å². The average Bonchev–Trinajstić information content (AvgIpc) is 2.61. The molecule has 0 saturated carbocycles. The Hall–Kier alpha value is -1.01. The SMILES string of the molecule is CSCC(C)(O)CNC(=O)c1cnoc1C. The van der Waals surface area contributed by atoms with Gasteiger partial charge in [0.2, 0.25) is 0 Å². The number of nitrogens with one attached hydrogen (secondary N) is 1. The molecule has 0 spiro atoms. The van der Waals surface area contributed by atoms with Crippen molar-refractivity contribution in [2.45, 2.75) is 19.4 Å². The molecule has 0 saturated heterocycles. The van der Waals surface area contributed by atoms with Crippen molar-refractivity contribution < 1.29 is 14.4 Å². The van der Waals surface area contributed by atoms with Crippen LogP contribution in [0.15, 0.2) is 10.7 Å². The largest absolute Gasteiger partial charge is 0.387 e. The molecule has 1 atom stereocenters. The minimum Gasteiger partial charge on any atom is -0.387 e.